The number of nitrogens with two attached hydrogens (primary N) is 1. The van der Waals surface area contributed by atoms with Crippen LogP contribution in [-0.2, 0) is 0 Å². The highest BCUT2D eigenvalue weighted by Gasteiger charge is 2.17. The second-order valence-corrected chi connectivity index (χ2v) is 5.26. The molecule has 1 atom stereocenters. The van der Waals surface area contributed by atoms with Gasteiger partial charge in [0.05, 0.1) is 5.69 Å². The molecule has 0 aromatic carbocycles. The molecular formula is C13H17N3S. The van der Waals surface area contributed by atoms with Crippen molar-refractivity contribution < 1.29 is 0 Å². The Morgan fingerprint density at radius 3 is 2.82 bits per heavy atom. The van der Waals surface area contributed by atoms with Crippen molar-refractivity contribution in [2.75, 3.05) is 6.54 Å². The minimum Gasteiger partial charge on any atom is -0.330 e. The lowest BCUT2D eigenvalue weighted by Gasteiger charge is -2.15. The zero-order chi connectivity index (χ0) is 12.3. The molecule has 0 aliphatic heterocycles. The molecule has 0 saturated heterocycles. The van der Waals surface area contributed by atoms with E-state index in [1.807, 2.05) is 18.3 Å². The molecule has 4 heteroatoms. The lowest BCUT2D eigenvalue weighted by molar-refractivity contribution is 0.498. The Balaban J connectivity index is 2.27. The van der Waals surface area contributed by atoms with Crippen LogP contribution in [0.5, 0.6) is 0 Å². The quantitative estimate of drug-likeness (QED) is 0.903. The fourth-order valence-electron chi connectivity index (χ4n) is 1.81. The summed E-state index contributed by atoms with van der Waals surface area (Å²) >= 11 is 1.66. The second-order valence-electron chi connectivity index (χ2n) is 4.41. The van der Waals surface area contributed by atoms with Crippen molar-refractivity contribution in [2.24, 2.45) is 11.7 Å². The van der Waals surface area contributed by atoms with Crippen LogP contribution in [0.2, 0.25) is 0 Å². The summed E-state index contributed by atoms with van der Waals surface area (Å²) in [5.74, 6) is 0.862. The summed E-state index contributed by atoms with van der Waals surface area (Å²) < 4.78 is 0. The molecule has 3 nitrogen and oxygen atoms in total. The number of nitrogens with zero attached hydrogens (tertiary/aromatic N) is 2. The Bertz CT molecular complexity index is 465. The molecular weight excluding hydrogens is 230 g/mol. The molecule has 0 aliphatic rings. The van der Waals surface area contributed by atoms with Crippen molar-refractivity contribution in [1.29, 1.82) is 0 Å². The fraction of sp³-hybridized carbons (Fsp3) is 0.385. The molecule has 0 amide bonds. The molecule has 0 saturated carbocycles. The van der Waals surface area contributed by atoms with Crippen molar-refractivity contribution >= 4 is 11.3 Å². The summed E-state index contributed by atoms with van der Waals surface area (Å²) in [6.45, 7) is 5.01. The second kappa shape index (κ2) is 5.38. The largest absolute Gasteiger partial charge is 0.330 e. The maximum absolute atomic E-state index is 5.81. The first-order chi connectivity index (χ1) is 8.22. The maximum atomic E-state index is 5.81. The number of hydrogen-bond donors (Lipinski definition) is 1. The third kappa shape index (κ3) is 2.70. The third-order valence-corrected chi connectivity index (χ3v) is 3.78. The molecule has 2 aromatic heterocycles. The van der Waals surface area contributed by atoms with Crippen molar-refractivity contribution in [3.05, 3.63) is 35.6 Å². The van der Waals surface area contributed by atoms with Crippen molar-refractivity contribution in [3.63, 3.8) is 0 Å². The molecule has 0 fully saturated rings. The Labute approximate surface area is 106 Å². The van der Waals surface area contributed by atoms with Gasteiger partial charge in [-0.15, -0.1) is 11.3 Å². The molecule has 2 rings (SSSR count). The van der Waals surface area contributed by atoms with E-state index in [2.05, 4.69) is 29.2 Å². The Morgan fingerprint density at radius 2 is 2.24 bits per heavy atom. The third-order valence-electron chi connectivity index (χ3n) is 2.87. The predicted molar refractivity (Wildman–Crippen MR) is 72.0 cm³/mol. The van der Waals surface area contributed by atoms with Gasteiger partial charge in [0.1, 0.15) is 5.01 Å². The molecule has 17 heavy (non-hydrogen) atoms. The van der Waals surface area contributed by atoms with Gasteiger partial charge in [-0.3, -0.25) is 4.98 Å². The van der Waals surface area contributed by atoms with E-state index in [0.717, 1.165) is 16.3 Å². The van der Waals surface area contributed by atoms with Crippen molar-refractivity contribution in [3.8, 4) is 10.6 Å². The van der Waals surface area contributed by atoms with Gasteiger partial charge in [0, 0.05) is 35.8 Å². The highest BCUT2D eigenvalue weighted by Crippen LogP contribution is 2.29. The molecule has 2 heterocycles. The monoisotopic (exact) mass is 247 g/mol. The van der Waals surface area contributed by atoms with Gasteiger partial charge in [-0.25, -0.2) is 4.98 Å². The van der Waals surface area contributed by atoms with E-state index in [-0.39, 0.29) is 0 Å². The number of rotatable bonds is 4. The topological polar surface area (TPSA) is 51.8 Å². The molecule has 2 N–H and O–H groups in total. The van der Waals surface area contributed by atoms with Gasteiger partial charge in [-0.05, 0) is 18.1 Å². The van der Waals surface area contributed by atoms with Gasteiger partial charge < -0.3 is 5.73 Å². The van der Waals surface area contributed by atoms with Gasteiger partial charge in [0.25, 0.3) is 0 Å². The summed E-state index contributed by atoms with van der Waals surface area (Å²) in [6.07, 6.45) is 3.62. The van der Waals surface area contributed by atoms with E-state index in [0.29, 0.717) is 18.4 Å². The normalized spacial score (nSPS) is 12.9. The molecule has 0 bridgehead atoms. The minimum atomic E-state index is 0.344. The van der Waals surface area contributed by atoms with Crippen LogP contribution in [0.3, 0.4) is 0 Å². The summed E-state index contributed by atoms with van der Waals surface area (Å²) in [5.41, 5.74) is 7.98. The van der Waals surface area contributed by atoms with E-state index in [1.54, 1.807) is 17.5 Å². The van der Waals surface area contributed by atoms with Crippen molar-refractivity contribution in [1.82, 2.24) is 9.97 Å². The van der Waals surface area contributed by atoms with E-state index >= 15 is 0 Å². The lowest BCUT2D eigenvalue weighted by atomic mass is 9.93. The Kier molecular flexibility index (Phi) is 3.86. The average molecular weight is 247 g/mol. The van der Waals surface area contributed by atoms with E-state index in [9.17, 15) is 0 Å². The molecule has 90 valence electrons. The summed E-state index contributed by atoms with van der Waals surface area (Å²) in [4.78, 5) is 8.78. The Morgan fingerprint density at radius 1 is 1.41 bits per heavy atom. The first-order valence-corrected chi connectivity index (χ1v) is 6.66. The average Bonchev–Trinajstić information content (AvgIpc) is 2.80. The molecule has 0 aliphatic carbocycles. The van der Waals surface area contributed by atoms with Crippen LogP contribution in [0.25, 0.3) is 10.6 Å². The predicted octanol–water partition coefficient (Wildman–Crippen LogP) is 2.90. The summed E-state index contributed by atoms with van der Waals surface area (Å²) in [6, 6.07) is 3.96. The van der Waals surface area contributed by atoms with Crippen LogP contribution in [0.1, 0.15) is 25.5 Å². The number of pyridine rings is 1. The van der Waals surface area contributed by atoms with Gasteiger partial charge in [-0.2, -0.15) is 0 Å². The van der Waals surface area contributed by atoms with E-state index < -0.39 is 0 Å². The fourth-order valence-corrected chi connectivity index (χ4v) is 2.69. The molecule has 0 spiro atoms. The smallest absolute Gasteiger partial charge is 0.125 e. The maximum Gasteiger partial charge on any atom is 0.125 e. The first-order valence-electron chi connectivity index (χ1n) is 5.78. The van der Waals surface area contributed by atoms with E-state index in [1.165, 1.54) is 0 Å². The van der Waals surface area contributed by atoms with Crippen LogP contribution in [0, 0.1) is 5.92 Å². The van der Waals surface area contributed by atoms with Crippen molar-refractivity contribution in [2.45, 2.75) is 19.8 Å². The van der Waals surface area contributed by atoms with Crippen LogP contribution in [0.15, 0.2) is 29.9 Å². The SMILES string of the molecule is CC(C)C(CN)c1csc(-c2cccnc2)n1. The van der Waals surface area contributed by atoms with Crippen LogP contribution >= 0.6 is 11.3 Å². The Hall–Kier alpha value is -1.26. The summed E-state index contributed by atoms with van der Waals surface area (Å²) in [7, 11) is 0. The van der Waals surface area contributed by atoms with Gasteiger partial charge in [-0.1, -0.05) is 13.8 Å². The van der Waals surface area contributed by atoms with Gasteiger partial charge in [0.15, 0.2) is 0 Å². The highest BCUT2D eigenvalue weighted by atomic mass is 32.1. The zero-order valence-corrected chi connectivity index (χ0v) is 10.9. The van der Waals surface area contributed by atoms with E-state index in [4.69, 9.17) is 5.73 Å². The first kappa shape index (κ1) is 12.2. The lowest BCUT2D eigenvalue weighted by Crippen LogP contribution is -2.18. The van der Waals surface area contributed by atoms with Gasteiger partial charge >= 0.3 is 0 Å². The number of aromatic nitrogens is 2. The van der Waals surface area contributed by atoms with Crippen LogP contribution in [-0.4, -0.2) is 16.5 Å². The zero-order valence-electron chi connectivity index (χ0n) is 10.1. The molecule has 1 unspecified atom stereocenters. The highest BCUT2D eigenvalue weighted by molar-refractivity contribution is 7.13. The van der Waals surface area contributed by atoms with Crippen LogP contribution in [0.4, 0.5) is 0 Å². The minimum absolute atomic E-state index is 0.344. The molecule has 0 radical (unpaired) electrons. The summed E-state index contributed by atoms with van der Waals surface area (Å²) in [5, 5.41) is 3.13. The van der Waals surface area contributed by atoms with Crippen LogP contribution < -0.4 is 5.73 Å². The van der Waals surface area contributed by atoms with Gasteiger partial charge in [0.2, 0.25) is 0 Å². The number of thiazole rings is 1. The standard InChI is InChI=1S/C13H17N3S/c1-9(2)11(6-14)12-8-17-13(16-12)10-4-3-5-15-7-10/h3-5,7-9,11H,6,14H2,1-2H3. The molecule has 2 aromatic rings. The number of hydrogen-bond acceptors (Lipinski definition) is 4.